The Balaban J connectivity index is 0.000000232. The summed E-state index contributed by atoms with van der Waals surface area (Å²) in [7, 11) is 0. The van der Waals surface area contributed by atoms with Crippen LogP contribution >= 0.6 is 0 Å². The lowest BCUT2D eigenvalue weighted by Crippen LogP contribution is -2.38. The summed E-state index contributed by atoms with van der Waals surface area (Å²) in [5.41, 5.74) is 8.10. The maximum atomic E-state index is 2.46. The second-order valence-electron chi connectivity index (χ2n) is 49.1. The lowest BCUT2D eigenvalue weighted by atomic mass is 9.56. The van der Waals surface area contributed by atoms with Gasteiger partial charge in [0.2, 0.25) is 0 Å². The van der Waals surface area contributed by atoms with E-state index in [1.54, 1.807) is 32.1 Å². The van der Waals surface area contributed by atoms with Crippen LogP contribution in [-0.4, -0.2) is 0 Å². The van der Waals surface area contributed by atoms with Gasteiger partial charge in [-0.3, -0.25) is 0 Å². The molecule has 0 amide bonds. The Kier molecular flexibility index (Phi) is 30.8. The van der Waals surface area contributed by atoms with Gasteiger partial charge in [-0.05, 0) is 325 Å². The summed E-state index contributed by atoms with van der Waals surface area (Å²) in [6.07, 6.45) is 42.1. The van der Waals surface area contributed by atoms with Gasteiger partial charge in [-0.15, -0.1) is 0 Å². The van der Waals surface area contributed by atoms with Gasteiger partial charge in [0.15, 0.2) is 0 Å². The average Bonchev–Trinajstić information content (AvgIpc) is 1.36. The predicted octanol–water partition coefficient (Wildman–Crippen LogP) is 32.8. The minimum atomic E-state index is 0.547. The molecular weight excluding hydrogens is 1170 g/mol. The van der Waals surface area contributed by atoms with Crippen molar-refractivity contribution in [3.63, 3.8) is 0 Å². The highest BCUT2D eigenvalue weighted by atomic mass is 14.6. The lowest BCUT2D eigenvalue weighted by Gasteiger charge is -2.49. The third kappa shape index (κ3) is 25.6. The molecule has 0 aromatic rings. The molecule has 97 heavy (non-hydrogen) atoms. The van der Waals surface area contributed by atoms with Crippen LogP contribution in [0.2, 0.25) is 0 Å². The zero-order chi connectivity index (χ0) is 74.7. The molecule has 0 heterocycles. The van der Waals surface area contributed by atoms with Gasteiger partial charge in [-0.1, -0.05) is 295 Å². The van der Waals surface area contributed by atoms with Crippen molar-refractivity contribution < 1.29 is 0 Å². The van der Waals surface area contributed by atoms with Crippen LogP contribution in [0, 0.1) is 170 Å². The highest BCUT2D eigenvalue weighted by Gasteiger charge is 2.52. The summed E-state index contributed by atoms with van der Waals surface area (Å²) in [6.45, 7) is 91.7. The molecule has 6 bridgehead atoms. The molecule has 10 atom stereocenters. The molecule has 0 heteroatoms. The van der Waals surface area contributed by atoms with E-state index in [0.717, 1.165) is 94.7 Å². The van der Waals surface area contributed by atoms with Gasteiger partial charge in [0, 0.05) is 0 Å². The Bertz CT molecular complexity index is 2150. The van der Waals surface area contributed by atoms with E-state index in [0.29, 0.717) is 75.8 Å². The summed E-state index contributed by atoms with van der Waals surface area (Å²) in [6, 6.07) is 0. The van der Waals surface area contributed by atoms with Crippen LogP contribution in [0.25, 0.3) is 0 Å². The highest BCUT2D eigenvalue weighted by molar-refractivity contribution is 5.02. The maximum absolute atomic E-state index is 2.46. The number of hydrogen-bond acceptors (Lipinski definition) is 0. The normalized spacial score (nSPS) is 35.9. The van der Waals surface area contributed by atoms with E-state index in [9.17, 15) is 0 Å². The third-order valence-corrected chi connectivity index (χ3v) is 32.0. The Labute approximate surface area is 616 Å². The molecule has 0 nitrogen and oxygen atoms in total. The molecule has 0 saturated heterocycles. The van der Waals surface area contributed by atoms with E-state index in [2.05, 4.69) is 263 Å². The summed E-state index contributed by atoms with van der Waals surface area (Å²) in [5, 5.41) is 0. The number of rotatable bonds is 5. The van der Waals surface area contributed by atoms with E-state index in [4.69, 9.17) is 0 Å². The first-order valence-electron chi connectivity index (χ1n) is 43.6. The first-order valence-corrected chi connectivity index (χ1v) is 43.6. The van der Waals surface area contributed by atoms with Crippen molar-refractivity contribution in [2.75, 3.05) is 0 Å². The SMILES string of the molecule is CC(C)C1C(C)(C)CCC1(C)C.CC1(C)CC(C)(C)CC(C)(C)C1.CC1C2CCC(C2)[C@H]1C.CC1CC(C)(C)CC(C)(C)C1.CCC1C(C)(C)CCC1(C)C.CCC1CC(C)(C)C(C)(C)C1.CCC1CC(C)(C)CC(C)(C)C1.CCC1CC2CCC1C2.C[C@@H]1C2CCC(C2)C1(C)C. The Morgan fingerprint density at radius 1 is 0.320 bits per heavy atom. The quantitative estimate of drug-likeness (QED) is 0.257. The molecule has 0 spiro atoms. The van der Waals surface area contributed by atoms with Crippen molar-refractivity contribution in [1.82, 2.24) is 0 Å². The zero-order valence-corrected chi connectivity index (χ0v) is 74.7. The van der Waals surface area contributed by atoms with Gasteiger partial charge >= 0.3 is 0 Å². The first kappa shape index (κ1) is 89.4. The molecule has 0 aromatic carbocycles. The van der Waals surface area contributed by atoms with E-state index in [1.807, 2.05) is 0 Å². The molecule has 0 N–H and O–H groups in total. The fraction of sp³-hybridized carbons (Fsp3) is 1.00. The van der Waals surface area contributed by atoms with Gasteiger partial charge in [-0.25, -0.2) is 0 Å². The predicted molar refractivity (Wildman–Crippen MR) is 439 cm³/mol. The summed E-state index contributed by atoms with van der Waals surface area (Å²) in [4.78, 5) is 0. The van der Waals surface area contributed by atoms with Crippen molar-refractivity contribution in [2.24, 2.45) is 170 Å². The first-order chi connectivity index (χ1) is 43.6. The van der Waals surface area contributed by atoms with Gasteiger partial charge in [0.1, 0.15) is 0 Å². The van der Waals surface area contributed by atoms with Crippen molar-refractivity contribution in [2.45, 2.75) is 449 Å². The molecule has 12 aliphatic carbocycles. The van der Waals surface area contributed by atoms with Gasteiger partial charge < -0.3 is 0 Å². The minimum Gasteiger partial charge on any atom is -0.0651 e. The Hall–Kier alpha value is 0. The summed E-state index contributed by atoms with van der Waals surface area (Å²) in [5.74, 6) is 16.4. The lowest BCUT2D eigenvalue weighted by molar-refractivity contribution is 0.0203. The van der Waals surface area contributed by atoms with E-state index >= 15 is 0 Å². The molecule has 12 aliphatic rings. The van der Waals surface area contributed by atoms with Crippen molar-refractivity contribution in [3.05, 3.63) is 0 Å². The van der Waals surface area contributed by atoms with Crippen LogP contribution in [-0.2, 0) is 0 Å². The minimum absolute atomic E-state index is 0.547. The van der Waals surface area contributed by atoms with Crippen LogP contribution in [0.1, 0.15) is 449 Å². The van der Waals surface area contributed by atoms with Gasteiger partial charge in [-0.2, -0.15) is 0 Å². The van der Waals surface area contributed by atoms with Crippen LogP contribution in [0.5, 0.6) is 0 Å². The molecular formula is C97H188. The van der Waals surface area contributed by atoms with Crippen molar-refractivity contribution in [1.29, 1.82) is 0 Å². The molecule has 0 aliphatic heterocycles. The summed E-state index contributed by atoms with van der Waals surface area (Å²) >= 11 is 0. The average molecular weight is 1350 g/mol. The zero-order valence-electron chi connectivity index (χ0n) is 74.7. The number of fused-ring (bicyclic) bond motifs is 6. The standard InChI is InChI=1S/3C12H24.3C11H22.C10H18.2C9H16/c1-10(2)7-11(3,4)9-12(5,6)8-10;1-9(2)10-11(3,4)7-8-12(10,5)6;1-6-10-7-11(2,3)9-12(4,5)8-10;1-9-6-10(2,3)8-11(4,5)7-9;1-6-9-7-10(2,3)11(4,5)8-9;1-6-9-10(2,3)7-8-11(9,4)5;1-7-8-4-5-9(6-8)10(7,2)3;1-6-7(2)9-4-3-8(6)5-9;1-2-8-5-7-3-4-9(8)6-7/h7-9H2,1-6H3;9-10H,7-8H2,1-6H3;10H,6-9H2,1-5H3;3*9H,6-8H2,1-5H3;7-9H,4-6H2,1-3H3;6-9H,3-5H2,1-2H3;7-9H,2-6H2,1H3/t;;;;;;7-,8?,9?;6-,7?,8?,9?;/m......10./s1. The largest absolute Gasteiger partial charge is 0.0651 e. The maximum Gasteiger partial charge on any atom is -0.0288 e. The van der Waals surface area contributed by atoms with E-state index in [-0.39, 0.29) is 0 Å². The monoisotopic (exact) mass is 1350 g/mol. The topological polar surface area (TPSA) is 0 Å². The number of hydrogen-bond donors (Lipinski definition) is 0. The third-order valence-electron chi connectivity index (χ3n) is 32.0. The molecule has 576 valence electrons. The molecule has 12 saturated carbocycles. The molecule has 8 unspecified atom stereocenters. The van der Waals surface area contributed by atoms with E-state index < -0.39 is 0 Å². The van der Waals surface area contributed by atoms with Crippen molar-refractivity contribution >= 4 is 0 Å². The van der Waals surface area contributed by atoms with Crippen molar-refractivity contribution in [3.8, 4) is 0 Å². The van der Waals surface area contributed by atoms with Crippen LogP contribution in [0.15, 0.2) is 0 Å². The van der Waals surface area contributed by atoms with Crippen LogP contribution < -0.4 is 0 Å². The molecule has 0 aromatic heterocycles. The smallest absolute Gasteiger partial charge is 0.0288 e. The summed E-state index contributed by atoms with van der Waals surface area (Å²) < 4.78 is 0. The molecule has 12 fully saturated rings. The molecule has 0 radical (unpaired) electrons. The van der Waals surface area contributed by atoms with Gasteiger partial charge in [0.25, 0.3) is 0 Å². The second kappa shape index (κ2) is 33.4. The van der Waals surface area contributed by atoms with Crippen LogP contribution in [0.3, 0.4) is 0 Å². The second-order valence-corrected chi connectivity index (χ2v) is 49.1. The fourth-order valence-corrected chi connectivity index (χ4v) is 29.0. The van der Waals surface area contributed by atoms with Gasteiger partial charge in [0.05, 0.1) is 0 Å². The van der Waals surface area contributed by atoms with E-state index in [1.165, 1.54) is 154 Å². The highest BCUT2D eigenvalue weighted by Crippen LogP contribution is 2.61. The Morgan fingerprint density at radius 3 is 0.897 bits per heavy atom. The van der Waals surface area contributed by atoms with Crippen LogP contribution in [0.4, 0.5) is 0 Å². The molecule has 12 rings (SSSR count). The Morgan fingerprint density at radius 2 is 0.670 bits per heavy atom. The fourth-order valence-electron chi connectivity index (χ4n) is 29.0.